The van der Waals surface area contributed by atoms with Crippen LogP contribution in [0.2, 0.25) is 0 Å². The second kappa shape index (κ2) is 5.77. The minimum Gasteiger partial charge on any atom is -0.314 e. The molecule has 0 aromatic heterocycles. The van der Waals surface area contributed by atoms with Crippen LogP contribution in [0.1, 0.15) is 52.4 Å². The summed E-state index contributed by atoms with van der Waals surface area (Å²) < 4.78 is 0. The molecular formula is C14H27NS. The summed E-state index contributed by atoms with van der Waals surface area (Å²) in [6.07, 6.45) is 8.49. The van der Waals surface area contributed by atoms with E-state index in [0.717, 1.165) is 12.0 Å². The van der Waals surface area contributed by atoms with Crippen LogP contribution in [0, 0.1) is 11.3 Å². The number of hydrogen-bond donors (Lipinski definition) is 1. The van der Waals surface area contributed by atoms with Gasteiger partial charge in [-0.1, -0.05) is 13.8 Å². The SMILES string of the molecule is CC1(C)CCC(NCC2CCSCC2)CC1. The molecule has 0 spiro atoms. The maximum absolute atomic E-state index is 3.82. The maximum Gasteiger partial charge on any atom is 0.00675 e. The highest BCUT2D eigenvalue weighted by Gasteiger charge is 2.26. The first kappa shape index (κ1) is 12.8. The predicted octanol–water partition coefficient (Wildman–Crippen LogP) is 3.69. The van der Waals surface area contributed by atoms with E-state index in [1.54, 1.807) is 0 Å². The zero-order valence-electron chi connectivity index (χ0n) is 10.9. The average Bonchev–Trinajstić information content (AvgIpc) is 2.29. The number of hydrogen-bond acceptors (Lipinski definition) is 2. The van der Waals surface area contributed by atoms with Gasteiger partial charge in [-0.25, -0.2) is 0 Å². The molecule has 1 saturated carbocycles. The monoisotopic (exact) mass is 241 g/mol. The largest absolute Gasteiger partial charge is 0.314 e. The molecule has 1 heterocycles. The van der Waals surface area contributed by atoms with Crippen LogP contribution in [-0.4, -0.2) is 24.1 Å². The Kier molecular flexibility index (Phi) is 4.60. The molecule has 1 aliphatic heterocycles. The van der Waals surface area contributed by atoms with Gasteiger partial charge in [-0.15, -0.1) is 0 Å². The number of rotatable bonds is 3. The average molecular weight is 241 g/mol. The van der Waals surface area contributed by atoms with Crippen molar-refractivity contribution >= 4 is 11.8 Å². The quantitative estimate of drug-likeness (QED) is 0.809. The summed E-state index contributed by atoms with van der Waals surface area (Å²) in [7, 11) is 0. The molecule has 94 valence electrons. The zero-order valence-corrected chi connectivity index (χ0v) is 11.7. The molecule has 1 aliphatic carbocycles. The minimum absolute atomic E-state index is 0.611. The second-order valence-corrected chi connectivity index (χ2v) is 7.63. The lowest BCUT2D eigenvalue weighted by Crippen LogP contribution is -2.38. The minimum atomic E-state index is 0.611. The standard InChI is InChI=1S/C14H27NS/c1-14(2)7-3-13(4-8-14)15-11-12-5-9-16-10-6-12/h12-13,15H,3-11H2,1-2H3. The summed E-state index contributed by atoms with van der Waals surface area (Å²) in [5.74, 6) is 3.75. The summed E-state index contributed by atoms with van der Waals surface area (Å²) in [4.78, 5) is 0. The first-order chi connectivity index (χ1) is 7.66. The van der Waals surface area contributed by atoms with Crippen LogP contribution in [0.3, 0.4) is 0 Å². The Morgan fingerprint density at radius 2 is 1.69 bits per heavy atom. The van der Waals surface area contributed by atoms with Crippen molar-refractivity contribution in [1.29, 1.82) is 0 Å². The van der Waals surface area contributed by atoms with Gasteiger partial charge >= 0.3 is 0 Å². The summed E-state index contributed by atoms with van der Waals surface area (Å²) in [6.45, 7) is 6.12. The van der Waals surface area contributed by atoms with Crippen LogP contribution in [0.5, 0.6) is 0 Å². The zero-order chi connectivity index (χ0) is 11.4. The van der Waals surface area contributed by atoms with Gasteiger partial charge in [0.1, 0.15) is 0 Å². The van der Waals surface area contributed by atoms with E-state index < -0.39 is 0 Å². The summed E-state index contributed by atoms with van der Waals surface area (Å²) in [5.41, 5.74) is 0.611. The van der Waals surface area contributed by atoms with Gasteiger partial charge in [-0.05, 0) is 67.9 Å². The van der Waals surface area contributed by atoms with Crippen molar-refractivity contribution in [3.8, 4) is 0 Å². The Labute approximate surface area is 105 Å². The molecule has 0 atom stereocenters. The van der Waals surface area contributed by atoms with Gasteiger partial charge < -0.3 is 5.32 Å². The first-order valence-corrected chi connectivity index (χ1v) is 8.12. The number of nitrogens with one attached hydrogen (secondary N) is 1. The Bertz CT molecular complexity index is 199. The molecule has 1 nitrogen and oxygen atoms in total. The Balaban J connectivity index is 1.63. The van der Waals surface area contributed by atoms with E-state index in [1.165, 1.54) is 56.6 Å². The van der Waals surface area contributed by atoms with E-state index in [2.05, 4.69) is 30.9 Å². The van der Waals surface area contributed by atoms with E-state index in [1.807, 2.05) is 0 Å². The smallest absolute Gasteiger partial charge is 0.00675 e. The fourth-order valence-corrected chi connectivity index (χ4v) is 4.09. The van der Waals surface area contributed by atoms with E-state index in [4.69, 9.17) is 0 Å². The molecule has 2 fully saturated rings. The number of thioether (sulfide) groups is 1. The van der Waals surface area contributed by atoms with Crippen LogP contribution < -0.4 is 5.32 Å². The Hall–Kier alpha value is 0.310. The third-order valence-electron chi connectivity index (χ3n) is 4.38. The summed E-state index contributed by atoms with van der Waals surface area (Å²) in [5, 5.41) is 3.82. The van der Waals surface area contributed by atoms with Crippen molar-refractivity contribution in [2.45, 2.75) is 58.4 Å². The fourth-order valence-electron chi connectivity index (χ4n) is 2.89. The van der Waals surface area contributed by atoms with E-state index in [9.17, 15) is 0 Å². The molecule has 0 unspecified atom stereocenters. The molecule has 0 aromatic carbocycles. The maximum atomic E-state index is 3.82. The Morgan fingerprint density at radius 1 is 1.06 bits per heavy atom. The normalized spacial score (nSPS) is 28.1. The highest BCUT2D eigenvalue weighted by atomic mass is 32.2. The molecule has 16 heavy (non-hydrogen) atoms. The van der Waals surface area contributed by atoms with Gasteiger partial charge in [-0.2, -0.15) is 11.8 Å². The molecule has 1 saturated heterocycles. The van der Waals surface area contributed by atoms with E-state index >= 15 is 0 Å². The molecule has 0 radical (unpaired) electrons. The van der Waals surface area contributed by atoms with Gasteiger partial charge in [0.15, 0.2) is 0 Å². The molecule has 1 N–H and O–H groups in total. The van der Waals surface area contributed by atoms with Gasteiger partial charge in [-0.3, -0.25) is 0 Å². The molecule has 2 aliphatic rings. The van der Waals surface area contributed by atoms with Crippen molar-refractivity contribution in [1.82, 2.24) is 5.32 Å². The molecule has 0 amide bonds. The summed E-state index contributed by atoms with van der Waals surface area (Å²) >= 11 is 2.13. The first-order valence-electron chi connectivity index (χ1n) is 6.97. The fraction of sp³-hybridized carbons (Fsp3) is 1.00. The van der Waals surface area contributed by atoms with Crippen LogP contribution in [0.4, 0.5) is 0 Å². The Morgan fingerprint density at radius 3 is 2.31 bits per heavy atom. The molecule has 0 bridgehead atoms. The van der Waals surface area contributed by atoms with E-state index in [-0.39, 0.29) is 0 Å². The lowest BCUT2D eigenvalue weighted by atomic mass is 9.75. The van der Waals surface area contributed by atoms with Gasteiger partial charge in [0.05, 0.1) is 0 Å². The van der Waals surface area contributed by atoms with Crippen LogP contribution in [0.15, 0.2) is 0 Å². The molecule has 0 aromatic rings. The van der Waals surface area contributed by atoms with Crippen molar-refractivity contribution < 1.29 is 0 Å². The van der Waals surface area contributed by atoms with Gasteiger partial charge in [0.2, 0.25) is 0 Å². The lowest BCUT2D eigenvalue weighted by molar-refractivity contribution is 0.202. The topological polar surface area (TPSA) is 12.0 Å². The summed E-state index contributed by atoms with van der Waals surface area (Å²) in [6, 6.07) is 0.822. The van der Waals surface area contributed by atoms with Crippen molar-refractivity contribution in [2.75, 3.05) is 18.1 Å². The van der Waals surface area contributed by atoms with Gasteiger partial charge in [0, 0.05) is 6.04 Å². The predicted molar refractivity (Wildman–Crippen MR) is 74.1 cm³/mol. The van der Waals surface area contributed by atoms with Crippen molar-refractivity contribution in [2.24, 2.45) is 11.3 Å². The van der Waals surface area contributed by atoms with Crippen LogP contribution in [0.25, 0.3) is 0 Å². The van der Waals surface area contributed by atoms with Gasteiger partial charge in [0.25, 0.3) is 0 Å². The molecular weight excluding hydrogens is 214 g/mol. The highest BCUT2D eigenvalue weighted by Crippen LogP contribution is 2.35. The van der Waals surface area contributed by atoms with Crippen LogP contribution in [-0.2, 0) is 0 Å². The molecule has 2 heteroatoms. The second-order valence-electron chi connectivity index (χ2n) is 6.40. The third-order valence-corrected chi connectivity index (χ3v) is 5.42. The molecule has 2 rings (SSSR count). The third kappa shape index (κ3) is 3.96. The highest BCUT2D eigenvalue weighted by molar-refractivity contribution is 7.99. The van der Waals surface area contributed by atoms with Crippen LogP contribution >= 0.6 is 11.8 Å². The van der Waals surface area contributed by atoms with Crippen molar-refractivity contribution in [3.63, 3.8) is 0 Å². The van der Waals surface area contributed by atoms with E-state index in [0.29, 0.717) is 5.41 Å². The lowest BCUT2D eigenvalue weighted by Gasteiger charge is -2.35. The van der Waals surface area contributed by atoms with Crippen molar-refractivity contribution in [3.05, 3.63) is 0 Å².